The Balaban J connectivity index is 2.25. The normalized spacial score (nSPS) is 18.1. The first-order valence-electron chi connectivity index (χ1n) is 6.15. The number of nitrogens with one attached hydrogen (secondary N) is 1. The molecule has 116 valence electrons. The molecular formula is C12H13F3N2O3S. The number of amides is 1. The van der Waals surface area contributed by atoms with Crippen molar-refractivity contribution in [1.29, 1.82) is 0 Å². The van der Waals surface area contributed by atoms with Crippen molar-refractivity contribution >= 4 is 15.9 Å². The zero-order valence-electron chi connectivity index (χ0n) is 10.9. The molecule has 21 heavy (non-hydrogen) atoms. The van der Waals surface area contributed by atoms with Gasteiger partial charge in [0.15, 0.2) is 0 Å². The summed E-state index contributed by atoms with van der Waals surface area (Å²) in [5, 5.41) is 2.53. The van der Waals surface area contributed by atoms with Gasteiger partial charge in [-0.3, -0.25) is 4.79 Å². The van der Waals surface area contributed by atoms with Gasteiger partial charge in [0.2, 0.25) is 15.9 Å². The zero-order chi connectivity index (χ0) is 15.7. The van der Waals surface area contributed by atoms with E-state index in [2.05, 4.69) is 5.32 Å². The van der Waals surface area contributed by atoms with E-state index in [1.54, 1.807) is 0 Å². The summed E-state index contributed by atoms with van der Waals surface area (Å²) in [5.74, 6) is -0.250. The average Bonchev–Trinajstić information content (AvgIpc) is 2.63. The van der Waals surface area contributed by atoms with Gasteiger partial charge in [0.1, 0.15) is 0 Å². The van der Waals surface area contributed by atoms with Gasteiger partial charge in [0, 0.05) is 26.1 Å². The van der Waals surface area contributed by atoms with Gasteiger partial charge in [-0.05, 0) is 24.3 Å². The molecule has 1 amide bonds. The summed E-state index contributed by atoms with van der Waals surface area (Å²) in [5.41, 5.74) is -0.908. The molecule has 0 aliphatic carbocycles. The van der Waals surface area contributed by atoms with Crippen LogP contribution in [0.2, 0.25) is 0 Å². The summed E-state index contributed by atoms with van der Waals surface area (Å²) >= 11 is 0. The fourth-order valence-corrected chi connectivity index (χ4v) is 3.39. The first kappa shape index (κ1) is 15.8. The standard InChI is InChI=1S/C12H13F3N2O3S/c13-12(14,15)9-1-3-10(4-2-9)21(19,20)17-7-5-11(18)16-6-8-17/h1-4H,5-8H2,(H,16,18). The maximum atomic E-state index is 12.5. The van der Waals surface area contributed by atoms with Gasteiger partial charge < -0.3 is 5.32 Å². The fraction of sp³-hybridized carbons (Fsp3) is 0.417. The van der Waals surface area contributed by atoms with Crippen LogP contribution in [0.5, 0.6) is 0 Å². The second-order valence-corrected chi connectivity index (χ2v) is 6.46. The lowest BCUT2D eigenvalue weighted by Crippen LogP contribution is -2.34. The van der Waals surface area contributed by atoms with E-state index in [0.717, 1.165) is 28.6 Å². The van der Waals surface area contributed by atoms with E-state index in [9.17, 15) is 26.4 Å². The topological polar surface area (TPSA) is 66.5 Å². The quantitative estimate of drug-likeness (QED) is 0.890. The molecular weight excluding hydrogens is 309 g/mol. The molecule has 0 spiro atoms. The molecule has 0 unspecified atom stereocenters. The van der Waals surface area contributed by atoms with Crippen molar-refractivity contribution in [3.05, 3.63) is 29.8 Å². The van der Waals surface area contributed by atoms with E-state index in [-0.39, 0.29) is 36.9 Å². The maximum absolute atomic E-state index is 12.5. The van der Waals surface area contributed by atoms with Gasteiger partial charge in [-0.25, -0.2) is 8.42 Å². The van der Waals surface area contributed by atoms with E-state index in [1.807, 2.05) is 0 Å². The smallest absolute Gasteiger partial charge is 0.355 e. The number of halogens is 3. The van der Waals surface area contributed by atoms with Crippen LogP contribution >= 0.6 is 0 Å². The first-order chi connectivity index (χ1) is 9.71. The molecule has 0 atom stereocenters. The van der Waals surface area contributed by atoms with Crippen LogP contribution in [-0.4, -0.2) is 38.3 Å². The number of benzene rings is 1. The third-order valence-corrected chi connectivity index (χ3v) is 5.00. The third kappa shape index (κ3) is 3.53. The summed E-state index contributed by atoms with van der Waals surface area (Å²) < 4.78 is 63.1. The molecule has 1 N–H and O–H groups in total. The highest BCUT2D eigenvalue weighted by molar-refractivity contribution is 7.89. The van der Waals surface area contributed by atoms with Crippen molar-refractivity contribution in [2.75, 3.05) is 19.6 Å². The number of alkyl halides is 3. The minimum Gasteiger partial charge on any atom is -0.355 e. The molecule has 1 aromatic carbocycles. The fourth-order valence-electron chi connectivity index (χ4n) is 1.95. The third-order valence-electron chi connectivity index (χ3n) is 3.09. The summed E-state index contributed by atoms with van der Waals surface area (Å²) in [6.07, 6.45) is -4.49. The Morgan fingerprint density at radius 1 is 1.10 bits per heavy atom. The van der Waals surface area contributed by atoms with Gasteiger partial charge in [0.05, 0.1) is 10.5 Å². The molecule has 1 aliphatic heterocycles. The van der Waals surface area contributed by atoms with Gasteiger partial charge in [-0.15, -0.1) is 0 Å². The van der Waals surface area contributed by atoms with Crippen LogP contribution in [0.15, 0.2) is 29.2 Å². The van der Waals surface area contributed by atoms with Crippen molar-refractivity contribution < 1.29 is 26.4 Å². The predicted molar refractivity (Wildman–Crippen MR) is 67.8 cm³/mol. The summed E-state index contributed by atoms with van der Waals surface area (Å²) in [6.45, 7) is 0.281. The second-order valence-electron chi connectivity index (χ2n) is 4.53. The van der Waals surface area contributed by atoms with Crippen molar-refractivity contribution in [3.8, 4) is 0 Å². The lowest BCUT2D eigenvalue weighted by molar-refractivity contribution is -0.137. The molecule has 5 nitrogen and oxygen atoms in total. The number of hydrogen-bond acceptors (Lipinski definition) is 3. The number of rotatable bonds is 2. The van der Waals surface area contributed by atoms with Crippen LogP contribution in [0, 0.1) is 0 Å². The molecule has 1 aromatic rings. The van der Waals surface area contributed by atoms with Crippen LogP contribution in [0.1, 0.15) is 12.0 Å². The van der Waals surface area contributed by atoms with Crippen LogP contribution < -0.4 is 5.32 Å². The second kappa shape index (κ2) is 5.64. The number of hydrogen-bond donors (Lipinski definition) is 1. The molecule has 1 heterocycles. The Kier molecular flexibility index (Phi) is 4.24. The minimum absolute atomic E-state index is 0.00912. The molecule has 9 heteroatoms. The number of sulfonamides is 1. The maximum Gasteiger partial charge on any atom is 0.416 e. The number of carbonyl (C=O) groups excluding carboxylic acids is 1. The number of nitrogens with zero attached hydrogens (tertiary/aromatic N) is 1. The van der Waals surface area contributed by atoms with Crippen LogP contribution in [0.4, 0.5) is 13.2 Å². The van der Waals surface area contributed by atoms with E-state index >= 15 is 0 Å². The molecule has 0 bridgehead atoms. The molecule has 0 aromatic heterocycles. The van der Waals surface area contributed by atoms with Crippen molar-refractivity contribution in [2.24, 2.45) is 0 Å². The highest BCUT2D eigenvalue weighted by atomic mass is 32.2. The van der Waals surface area contributed by atoms with E-state index < -0.39 is 21.8 Å². The van der Waals surface area contributed by atoms with Crippen molar-refractivity contribution in [1.82, 2.24) is 9.62 Å². The Labute approximate surface area is 119 Å². The monoisotopic (exact) mass is 322 g/mol. The first-order valence-corrected chi connectivity index (χ1v) is 7.59. The van der Waals surface area contributed by atoms with Gasteiger partial charge in [0.25, 0.3) is 0 Å². The lowest BCUT2D eigenvalue weighted by atomic mass is 10.2. The van der Waals surface area contributed by atoms with Gasteiger partial charge in [-0.1, -0.05) is 0 Å². The molecule has 2 rings (SSSR count). The van der Waals surface area contributed by atoms with E-state index in [0.29, 0.717) is 0 Å². The molecule has 1 fully saturated rings. The summed E-state index contributed by atoms with van der Waals surface area (Å²) in [7, 11) is -3.90. The van der Waals surface area contributed by atoms with E-state index in [4.69, 9.17) is 0 Å². The molecule has 1 saturated heterocycles. The van der Waals surface area contributed by atoms with Crippen LogP contribution in [0.3, 0.4) is 0 Å². The highest BCUT2D eigenvalue weighted by Gasteiger charge is 2.32. The molecule has 0 saturated carbocycles. The Morgan fingerprint density at radius 3 is 2.29 bits per heavy atom. The van der Waals surface area contributed by atoms with Crippen LogP contribution in [-0.2, 0) is 21.0 Å². The zero-order valence-corrected chi connectivity index (χ0v) is 11.7. The predicted octanol–water partition coefficient (Wildman–Crippen LogP) is 1.22. The summed E-state index contributed by atoms with van der Waals surface area (Å²) in [4.78, 5) is 11.0. The van der Waals surface area contributed by atoms with Crippen LogP contribution in [0.25, 0.3) is 0 Å². The molecule has 0 radical (unpaired) electrons. The Bertz CT molecular complexity index is 626. The van der Waals surface area contributed by atoms with Gasteiger partial charge >= 0.3 is 6.18 Å². The molecule has 1 aliphatic rings. The largest absolute Gasteiger partial charge is 0.416 e. The summed E-state index contributed by atoms with van der Waals surface area (Å²) in [6, 6.07) is 3.32. The average molecular weight is 322 g/mol. The van der Waals surface area contributed by atoms with Gasteiger partial charge in [-0.2, -0.15) is 17.5 Å². The Morgan fingerprint density at radius 2 is 1.71 bits per heavy atom. The lowest BCUT2D eigenvalue weighted by Gasteiger charge is -2.19. The SMILES string of the molecule is O=C1CCN(S(=O)(=O)c2ccc(C(F)(F)F)cc2)CCN1. The minimum atomic E-state index is -4.51. The highest BCUT2D eigenvalue weighted by Crippen LogP contribution is 2.30. The van der Waals surface area contributed by atoms with Crippen molar-refractivity contribution in [2.45, 2.75) is 17.5 Å². The Hall–Kier alpha value is -1.61. The number of carbonyl (C=O) groups is 1. The van der Waals surface area contributed by atoms with E-state index in [1.165, 1.54) is 0 Å². The van der Waals surface area contributed by atoms with Crippen molar-refractivity contribution in [3.63, 3.8) is 0 Å².